The number of halogens is 1. The molecular weight excluding hydrogens is 545 g/mol. The van der Waals surface area contributed by atoms with Gasteiger partial charge in [0.25, 0.3) is 0 Å². The Morgan fingerprint density at radius 1 is 1.07 bits per heavy atom. The van der Waals surface area contributed by atoms with Gasteiger partial charge in [-0.25, -0.2) is 13.4 Å². The van der Waals surface area contributed by atoms with E-state index in [1.54, 1.807) is 54.3 Å². The van der Waals surface area contributed by atoms with E-state index in [2.05, 4.69) is 25.6 Å². The fourth-order valence-corrected chi connectivity index (χ4v) is 5.50. The Labute approximate surface area is 236 Å². The molecule has 3 heterocycles. The first-order valence-corrected chi connectivity index (χ1v) is 14.2. The summed E-state index contributed by atoms with van der Waals surface area (Å²) in [6, 6.07) is 10.8. The Hall–Kier alpha value is -4.71. The Balaban J connectivity index is 1.38. The highest BCUT2D eigenvalue weighted by Gasteiger charge is 2.19. The monoisotopic (exact) mass is 573 g/mol. The predicted molar refractivity (Wildman–Crippen MR) is 152 cm³/mol. The lowest BCUT2D eigenvalue weighted by Gasteiger charge is -2.18. The van der Waals surface area contributed by atoms with Gasteiger partial charge in [0.2, 0.25) is 5.91 Å². The molecule has 3 aromatic heterocycles. The lowest BCUT2D eigenvalue weighted by atomic mass is 10.1. The molecule has 0 spiro atoms. The molecule has 2 N–H and O–H groups in total. The van der Waals surface area contributed by atoms with E-state index in [4.69, 9.17) is 9.52 Å². The molecule has 0 fully saturated rings. The summed E-state index contributed by atoms with van der Waals surface area (Å²) in [5, 5.41) is 14.9. The molecule has 2 aromatic carbocycles. The van der Waals surface area contributed by atoms with Crippen molar-refractivity contribution in [2.45, 2.75) is 49.4 Å². The van der Waals surface area contributed by atoms with Crippen LogP contribution in [0.2, 0.25) is 0 Å². The second-order valence-electron chi connectivity index (χ2n) is 10.5. The summed E-state index contributed by atoms with van der Waals surface area (Å²) in [7, 11) is -3.39. The molecule has 1 atom stereocenters. The number of carbonyl (C=O) groups is 1. The van der Waals surface area contributed by atoms with Gasteiger partial charge in [0, 0.05) is 17.8 Å². The van der Waals surface area contributed by atoms with Gasteiger partial charge < -0.3 is 10.1 Å². The normalized spacial score (nSPS) is 13.1. The molecule has 1 unspecified atom stereocenters. The van der Waals surface area contributed by atoms with Crippen molar-refractivity contribution in [3.63, 3.8) is 0 Å². The number of aromatic nitrogens is 5. The summed E-state index contributed by atoms with van der Waals surface area (Å²) in [5.74, 6) is -0.671. The largest absolute Gasteiger partial charge is 0.453 e. The van der Waals surface area contributed by atoms with Gasteiger partial charge in [-0.15, -0.1) is 0 Å². The number of benzene rings is 2. The predicted octanol–water partition coefficient (Wildman–Crippen LogP) is 5.86. The molecule has 210 valence electrons. The summed E-state index contributed by atoms with van der Waals surface area (Å²) in [6.45, 7) is 7.70. The fraction of sp³-hybridized carbons (Fsp3) is 0.207. The van der Waals surface area contributed by atoms with Gasteiger partial charge in [0.1, 0.15) is 15.5 Å². The number of nitrogens with zero attached hydrogens (tertiary/aromatic N) is 5. The lowest BCUT2D eigenvalue weighted by molar-refractivity contribution is -0.115. The summed E-state index contributed by atoms with van der Waals surface area (Å²) in [4.78, 5) is 17.4. The molecule has 0 saturated carbocycles. The quantitative estimate of drug-likeness (QED) is 0.249. The van der Waals surface area contributed by atoms with Crippen molar-refractivity contribution in [2.24, 2.45) is 0 Å². The van der Waals surface area contributed by atoms with Crippen molar-refractivity contribution in [1.82, 2.24) is 25.0 Å². The Morgan fingerprint density at radius 3 is 2.56 bits per heavy atom. The number of amides is 1. The second kappa shape index (κ2) is 10.7. The van der Waals surface area contributed by atoms with E-state index >= 15 is 4.39 Å². The number of carbonyl (C=O) groups excluding carboxylic acids is 1. The van der Waals surface area contributed by atoms with Crippen LogP contribution in [-0.4, -0.2) is 35.1 Å². The van der Waals surface area contributed by atoms with Crippen LogP contribution >= 0.6 is 0 Å². The molecule has 0 aliphatic rings. The first kappa shape index (κ1) is 27.8. The van der Waals surface area contributed by atoms with Crippen molar-refractivity contribution in [3.05, 3.63) is 90.4 Å². The molecule has 0 aliphatic heterocycles. The van der Waals surface area contributed by atoms with Crippen molar-refractivity contribution < 1.29 is 18.1 Å². The van der Waals surface area contributed by atoms with Crippen LogP contribution in [0.1, 0.15) is 31.9 Å². The van der Waals surface area contributed by atoms with E-state index in [1.807, 2.05) is 20.8 Å². The van der Waals surface area contributed by atoms with Crippen molar-refractivity contribution in [1.29, 1.82) is 4.78 Å². The van der Waals surface area contributed by atoms with Crippen LogP contribution in [0.25, 0.3) is 10.9 Å². The van der Waals surface area contributed by atoms with Gasteiger partial charge in [0.15, 0.2) is 11.6 Å². The number of hydrogen-bond donors (Lipinski definition) is 2. The highest BCUT2D eigenvalue weighted by molar-refractivity contribution is 7.92. The molecule has 12 heteroatoms. The van der Waals surface area contributed by atoms with E-state index in [0.29, 0.717) is 27.7 Å². The maximum atomic E-state index is 15.3. The molecule has 5 rings (SSSR count). The Morgan fingerprint density at radius 2 is 1.88 bits per heavy atom. The molecule has 0 saturated heterocycles. The van der Waals surface area contributed by atoms with Crippen LogP contribution in [0.4, 0.5) is 10.1 Å². The molecule has 0 aliphatic carbocycles. The summed E-state index contributed by atoms with van der Waals surface area (Å²) in [5.41, 5.74) is 1.83. The molecule has 41 heavy (non-hydrogen) atoms. The zero-order chi connectivity index (χ0) is 29.4. The highest BCUT2D eigenvalue weighted by Crippen LogP contribution is 2.35. The number of pyridine rings is 1. The maximum Gasteiger partial charge on any atom is 0.228 e. The maximum absolute atomic E-state index is 15.3. The number of hydrogen-bond acceptors (Lipinski definition) is 8. The number of fused-ring (bicyclic) bond motifs is 1. The first-order chi connectivity index (χ1) is 19.4. The zero-order valence-corrected chi connectivity index (χ0v) is 23.7. The van der Waals surface area contributed by atoms with Crippen molar-refractivity contribution >= 4 is 32.2 Å². The molecule has 10 nitrogen and oxygen atoms in total. The average Bonchev–Trinajstić information content (AvgIpc) is 3.40. The third-order valence-corrected chi connectivity index (χ3v) is 8.14. The van der Waals surface area contributed by atoms with Crippen LogP contribution in [0, 0.1) is 17.5 Å². The Bertz CT molecular complexity index is 1840. The lowest BCUT2D eigenvalue weighted by Crippen LogP contribution is -2.22. The number of rotatable bonds is 7. The second-order valence-corrected chi connectivity index (χ2v) is 12.6. The molecule has 1 amide bonds. The third-order valence-electron chi connectivity index (χ3n) is 6.31. The van der Waals surface area contributed by atoms with Gasteiger partial charge >= 0.3 is 0 Å². The number of anilines is 1. The fourth-order valence-electron chi connectivity index (χ4n) is 4.24. The number of aryl methyl sites for hydroxylation is 1. The summed E-state index contributed by atoms with van der Waals surface area (Å²) < 4.78 is 45.0. The first-order valence-electron chi connectivity index (χ1n) is 12.7. The van der Waals surface area contributed by atoms with Crippen molar-refractivity contribution in [3.8, 4) is 11.5 Å². The van der Waals surface area contributed by atoms with Gasteiger partial charge in [0.05, 0.1) is 51.5 Å². The third kappa shape index (κ3) is 5.92. The van der Waals surface area contributed by atoms with E-state index in [0.717, 1.165) is 0 Å². The van der Waals surface area contributed by atoms with Gasteiger partial charge in [-0.3, -0.25) is 14.5 Å². The molecule has 0 radical (unpaired) electrons. The van der Waals surface area contributed by atoms with Crippen LogP contribution in [-0.2, 0) is 26.5 Å². The average molecular weight is 574 g/mol. The summed E-state index contributed by atoms with van der Waals surface area (Å²) in [6.07, 6.45) is 7.47. The molecule has 5 aromatic rings. The van der Waals surface area contributed by atoms with E-state index in [1.165, 1.54) is 30.7 Å². The highest BCUT2D eigenvalue weighted by atomic mass is 32.2. The minimum absolute atomic E-state index is 0.0107. The Kier molecular flexibility index (Phi) is 7.26. The van der Waals surface area contributed by atoms with E-state index in [-0.39, 0.29) is 39.2 Å². The standard InChI is InChI=1S/C29H28FN7O3S/c1-18-11-19(13-27(38)36-20-15-35-37(17-20)29(2,3)4)12-24(30)28(18)40-26-8-9-32-25-6-5-21(14-23(25)26)41(31,39)22-7-10-33-34-16-22/h5-12,14-17,31H,13H2,1-4H3,(H,36,38). The van der Waals surface area contributed by atoms with Crippen LogP contribution in [0.15, 0.2) is 83.2 Å². The topological polar surface area (TPSA) is 136 Å². The molecular formula is C29H28FN7O3S. The van der Waals surface area contributed by atoms with E-state index in [9.17, 15) is 9.00 Å². The van der Waals surface area contributed by atoms with E-state index < -0.39 is 15.5 Å². The minimum Gasteiger partial charge on any atom is -0.453 e. The SMILES string of the molecule is Cc1cc(CC(=O)Nc2cnn(C(C)(C)C)c2)cc(F)c1Oc1ccnc2ccc(S(=N)(=O)c3ccnnc3)cc12. The minimum atomic E-state index is -3.39. The van der Waals surface area contributed by atoms with Crippen LogP contribution in [0.5, 0.6) is 11.5 Å². The number of ether oxygens (including phenoxy) is 1. The smallest absolute Gasteiger partial charge is 0.228 e. The van der Waals surface area contributed by atoms with Gasteiger partial charge in [-0.2, -0.15) is 15.3 Å². The summed E-state index contributed by atoms with van der Waals surface area (Å²) >= 11 is 0. The zero-order valence-electron chi connectivity index (χ0n) is 22.9. The number of nitrogens with one attached hydrogen (secondary N) is 2. The van der Waals surface area contributed by atoms with Crippen LogP contribution in [0.3, 0.4) is 0 Å². The van der Waals surface area contributed by atoms with Gasteiger partial charge in [-0.1, -0.05) is 6.07 Å². The van der Waals surface area contributed by atoms with Gasteiger partial charge in [-0.05, 0) is 75.2 Å². The molecule has 0 bridgehead atoms. The van der Waals surface area contributed by atoms with Crippen molar-refractivity contribution in [2.75, 3.05) is 5.32 Å². The van der Waals surface area contributed by atoms with Crippen LogP contribution < -0.4 is 10.1 Å².